The molecule has 2 aromatic rings. The highest BCUT2D eigenvalue weighted by Gasteiger charge is 2.24. The number of para-hydroxylation sites is 1. The lowest BCUT2D eigenvalue weighted by Gasteiger charge is -2.21. The smallest absolute Gasteiger partial charge is 0.407 e. The monoisotopic (exact) mass is 358 g/mol. The molecule has 2 amide bonds. The summed E-state index contributed by atoms with van der Waals surface area (Å²) in [5.74, 6) is -0.260. The van der Waals surface area contributed by atoms with Crippen molar-refractivity contribution in [1.82, 2.24) is 20.4 Å². The zero-order chi connectivity index (χ0) is 18.9. The van der Waals surface area contributed by atoms with Crippen LogP contribution in [0.25, 0.3) is 5.69 Å². The number of carbonyl (C=O) groups is 2. The molecule has 1 heterocycles. The lowest BCUT2D eigenvalue weighted by atomic mass is 10.0. The maximum Gasteiger partial charge on any atom is 0.407 e. The van der Waals surface area contributed by atoms with E-state index in [1.807, 2.05) is 50.4 Å². The van der Waals surface area contributed by atoms with Crippen molar-refractivity contribution >= 4 is 12.0 Å². The van der Waals surface area contributed by atoms with Gasteiger partial charge in [-0.05, 0) is 37.0 Å². The summed E-state index contributed by atoms with van der Waals surface area (Å²) in [5, 5.41) is 9.80. The largest absolute Gasteiger partial charge is 0.450 e. The molecule has 2 rings (SSSR count). The second-order valence-corrected chi connectivity index (χ2v) is 6.26. The first-order chi connectivity index (χ1) is 12.5. The van der Waals surface area contributed by atoms with Gasteiger partial charge in [-0.2, -0.15) is 5.10 Å². The van der Waals surface area contributed by atoms with E-state index in [0.29, 0.717) is 13.0 Å². The molecule has 140 valence electrons. The Morgan fingerprint density at radius 3 is 2.62 bits per heavy atom. The van der Waals surface area contributed by atoms with Crippen molar-refractivity contribution < 1.29 is 14.3 Å². The molecular formula is C19H26N4O3. The number of nitrogens with zero attached hydrogens (tertiary/aromatic N) is 2. The summed E-state index contributed by atoms with van der Waals surface area (Å²) in [6.07, 6.45) is 3.81. The fourth-order valence-corrected chi connectivity index (χ4v) is 2.49. The molecule has 0 aliphatic heterocycles. The summed E-state index contributed by atoms with van der Waals surface area (Å²) >= 11 is 0. The van der Waals surface area contributed by atoms with E-state index in [4.69, 9.17) is 4.74 Å². The minimum atomic E-state index is -0.624. The third kappa shape index (κ3) is 5.61. The van der Waals surface area contributed by atoms with Gasteiger partial charge in [-0.3, -0.25) is 4.79 Å². The standard InChI is InChI=1S/C19H26N4O3/c1-4-26-19(25)22-17(14(2)3)18(24)20-11-10-15-12-21-23(13-15)16-8-6-5-7-9-16/h5-9,12-14,17H,4,10-11H2,1-3H3,(H,20,24)(H,22,25). The normalized spacial score (nSPS) is 11.8. The number of nitrogens with one attached hydrogen (secondary N) is 2. The zero-order valence-electron chi connectivity index (χ0n) is 15.4. The molecule has 0 fully saturated rings. The fourth-order valence-electron chi connectivity index (χ4n) is 2.49. The van der Waals surface area contributed by atoms with Crippen LogP contribution >= 0.6 is 0 Å². The number of ether oxygens (including phenoxy) is 1. The summed E-state index contributed by atoms with van der Waals surface area (Å²) in [7, 11) is 0. The summed E-state index contributed by atoms with van der Waals surface area (Å²) in [6.45, 7) is 6.21. The van der Waals surface area contributed by atoms with Crippen LogP contribution in [0.5, 0.6) is 0 Å². The minimum Gasteiger partial charge on any atom is -0.450 e. The van der Waals surface area contributed by atoms with Crippen LogP contribution in [-0.2, 0) is 16.0 Å². The quantitative estimate of drug-likeness (QED) is 0.758. The van der Waals surface area contributed by atoms with E-state index in [1.54, 1.807) is 17.8 Å². The lowest BCUT2D eigenvalue weighted by Crippen LogP contribution is -2.50. The van der Waals surface area contributed by atoms with Gasteiger partial charge in [-0.25, -0.2) is 9.48 Å². The van der Waals surface area contributed by atoms with E-state index >= 15 is 0 Å². The third-order valence-electron chi connectivity index (χ3n) is 3.87. The van der Waals surface area contributed by atoms with Crippen LogP contribution in [0.2, 0.25) is 0 Å². The van der Waals surface area contributed by atoms with Gasteiger partial charge in [0.25, 0.3) is 0 Å². The van der Waals surface area contributed by atoms with E-state index in [1.165, 1.54) is 0 Å². The Morgan fingerprint density at radius 1 is 1.23 bits per heavy atom. The highest BCUT2D eigenvalue weighted by Crippen LogP contribution is 2.08. The number of aromatic nitrogens is 2. The predicted molar refractivity (Wildman–Crippen MR) is 99.1 cm³/mol. The van der Waals surface area contributed by atoms with Crippen LogP contribution in [0, 0.1) is 5.92 Å². The Hall–Kier alpha value is -2.83. The van der Waals surface area contributed by atoms with E-state index in [9.17, 15) is 9.59 Å². The number of benzene rings is 1. The van der Waals surface area contributed by atoms with Crippen LogP contribution in [0.3, 0.4) is 0 Å². The molecule has 2 N–H and O–H groups in total. The van der Waals surface area contributed by atoms with Gasteiger partial charge in [0, 0.05) is 12.7 Å². The van der Waals surface area contributed by atoms with E-state index < -0.39 is 12.1 Å². The Labute approximate surface area is 153 Å². The van der Waals surface area contributed by atoms with Crippen LogP contribution in [0.1, 0.15) is 26.3 Å². The number of rotatable bonds is 8. The van der Waals surface area contributed by atoms with Crippen LogP contribution in [0.15, 0.2) is 42.7 Å². The van der Waals surface area contributed by atoms with E-state index in [-0.39, 0.29) is 18.4 Å². The average molecular weight is 358 g/mol. The zero-order valence-corrected chi connectivity index (χ0v) is 15.4. The van der Waals surface area contributed by atoms with Gasteiger partial charge < -0.3 is 15.4 Å². The molecule has 0 spiro atoms. The van der Waals surface area contributed by atoms with Crippen LogP contribution in [-0.4, -0.2) is 41.0 Å². The van der Waals surface area contributed by atoms with Gasteiger partial charge in [-0.15, -0.1) is 0 Å². The van der Waals surface area contributed by atoms with Crippen LogP contribution < -0.4 is 10.6 Å². The highest BCUT2D eigenvalue weighted by atomic mass is 16.5. The third-order valence-corrected chi connectivity index (χ3v) is 3.87. The van der Waals surface area contributed by atoms with Crippen molar-refractivity contribution in [3.63, 3.8) is 0 Å². The second kappa shape index (κ2) is 9.60. The summed E-state index contributed by atoms with van der Waals surface area (Å²) < 4.78 is 6.65. The van der Waals surface area contributed by atoms with Gasteiger partial charge in [0.1, 0.15) is 6.04 Å². The van der Waals surface area contributed by atoms with Crippen molar-refractivity contribution in [3.05, 3.63) is 48.3 Å². The topological polar surface area (TPSA) is 85.2 Å². The second-order valence-electron chi connectivity index (χ2n) is 6.26. The fraction of sp³-hybridized carbons (Fsp3) is 0.421. The molecule has 26 heavy (non-hydrogen) atoms. The highest BCUT2D eigenvalue weighted by molar-refractivity contribution is 5.85. The molecule has 1 aromatic carbocycles. The number of hydrogen-bond acceptors (Lipinski definition) is 4. The number of hydrogen-bond donors (Lipinski definition) is 2. The first-order valence-electron chi connectivity index (χ1n) is 8.81. The van der Waals surface area contributed by atoms with Crippen LogP contribution in [0.4, 0.5) is 4.79 Å². The molecule has 0 bridgehead atoms. The Kier molecular flexibility index (Phi) is 7.20. The van der Waals surface area contributed by atoms with Gasteiger partial charge in [-0.1, -0.05) is 32.0 Å². The molecule has 1 unspecified atom stereocenters. The number of amides is 2. The molecule has 0 radical (unpaired) electrons. The van der Waals surface area contributed by atoms with E-state index in [0.717, 1.165) is 11.3 Å². The maximum absolute atomic E-state index is 12.3. The predicted octanol–water partition coefficient (Wildman–Crippen LogP) is 2.30. The number of alkyl carbamates (subject to hydrolysis) is 1. The Bertz CT molecular complexity index is 713. The van der Waals surface area contributed by atoms with Crippen molar-refractivity contribution in [2.75, 3.05) is 13.2 Å². The van der Waals surface area contributed by atoms with Gasteiger partial charge in [0.05, 0.1) is 18.5 Å². The van der Waals surface area contributed by atoms with Crippen molar-refractivity contribution in [2.45, 2.75) is 33.2 Å². The summed E-state index contributed by atoms with van der Waals surface area (Å²) in [5.41, 5.74) is 2.01. The molecular weight excluding hydrogens is 332 g/mol. The SMILES string of the molecule is CCOC(=O)NC(C(=O)NCCc1cnn(-c2ccccc2)c1)C(C)C. The first-order valence-corrected chi connectivity index (χ1v) is 8.81. The summed E-state index contributed by atoms with van der Waals surface area (Å²) in [6, 6.07) is 9.21. The van der Waals surface area contributed by atoms with Gasteiger partial charge in [0.2, 0.25) is 5.91 Å². The van der Waals surface area contributed by atoms with Gasteiger partial charge >= 0.3 is 6.09 Å². The molecule has 7 heteroatoms. The molecule has 1 aromatic heterocycles. The molecule has 0 saturated carbocycles. The van der Waals surface area contributed by atoms with Crippen molar-refractivity contribution in [1.29, 1.82) is 0 Å². The van der Waals surface area contributed by atoms with Crippen molar-refractivity contribution in [3.8, 4) is 5.69 Å². The molecule has 0 aliphatic carbocycles. The number of carbonyl (C=O) groups excluding carboxylic acids is 2. The Morgan fingerprint density at radius 2 is 1.96 bits per heavy atom. The minimum absolute atomic E-state index is 0.0414. The first kappa shape index (κ1) is 19.5. The maximum atomic E-state index is 12.3. The van der Waals surface area contributed by atoms with E-state index in [2.05, 4.69) is 15.7 Å². The lowest BCUT2D eigenvalue weighted by molar-refractivity contribution is -0.124. The molecule has 7 nitrogen and oxygen atoms in total. The summed E-state index contributed by atoms with van der Waals surface area (Å²) in [4.78, 5) is 23.9. The molecule has 1 atom stereocenters. The Balaban J connectivity index is 1.85. The molecule has 0 aliphatic rings. The van der Waals surface area contributed by atoms with Crippen molar-refractivity contribution in [2.24, 2.45) is 5.92 Å². The molecule has 0 saturated heterocycles. The van der Waals surface area contributed by atoms with Gasteiger partial charge in [0.15, 0.2) is 0 Å². The average Bonchev–Trinajstić information content (AvgIpc) is 3.09.